The molecule has 4 rings (SSSR count). The number of hydrogen-bond donors (Lipinski definition) is 0. The van der Waals surface area contributed by atoms with Crippen molar-refractivity contribution >= 4 is 17.5 Å². The first-order valence-electron chi connectivity index (χ1n) is 9.95. The highest BCUT2D eigenvalue weighted by Crippen LogP contribution is 2.27. The van der Waals surface area contributed by atoms with E-state index in [9.17, 15) is 9.59 Å². The van der Waals surface area contributed by atoms with Crippen LogP contribution in [0.4, 0.5) is 4.79 Å². The van der Waals surface area contributed by atoms with Gasteiger partial charge in [-0.15, -0.1) is 10.2 Å². The third kappa shape index (κ3) is 3.73. The van der Waals surface area contributed by atoms with Gasteiger partial charge in [0.2, 0.25) is 0 Å². The number of likely N-dealkylation sites (tertiary alicyclic amines) is 1. The van der Waals surface area contributed by atoms with E-state index in [0.29, 0.717) is 31.0 Å². The second-order valence-corrected chi connectivity index (χ2v) is 8.00. The lowest BCUT2D eigenvalue weighted by Gasteiger charge is -2.21. The van der Waals surface area contributed by atoms with E-state index >= 15 is 0 Å². The van der Waals surface area contributed by atoms with Gasteiger partial charge in [-0.3, -0.25) is 9.20 Å². The average Bonchev–Trinajstić information content (AvgIpc) is 3.34. The smallest absolute Gasteiger partial charge is 0.319 e. The largest absolute Gasteiger partial charge is 0.381 e. The lowest BCUT2D eigenvalue weighted by molar-refractivity contribution is 0.0601. The van der Waals surface area contributed by atoms with E-state index in [1.165, 1.54) is 0 Å². The molecule has 1 unspecified atom stereocenters. The van der Waals surface area contributed by atoms with Crippen LogP contribution in [-0.2, 0) is 4.74 Å². The number of aromatic nitrogens is 3. The molecule has 2 saturated heterocycles. The van der Waals surface area contributed by atoms with Crippen molar-refractivity contribution in [2.45, 2.75) is 31.6 Å². The number of urea groups is 1. The Morgan fingerprint density at radius 3 is 2.71 bits per heavy atom. The van der Waals surface area contributed by atoms with Crippen LogP contribution in [-0.4, -0.2) is 76.6 Å². The van der Waals surface area contributed by atoms with Crippen molar-refractivity contribution in [1.29, 1.82) is 0 Å². The zero-order valence-corrected chi connectivity index (χ0v) is 16.5. The van der Waals surface area contributed by atoms with Gasteiger partial charge in [0.15, 0.2) is 11.4 Å². The fourth-order valence-electron chi connectivity index (χ4n) is 4.11. The summed E-state index contributed by atoms with van der Waals surface area (Å²) in [5, 5.41) is 8.62. The topological polar surface area (TPSA) is 80.0 Å². The molecule has 2 aliphatic rings. The summed E-state index contributed by atoms with van der Waals surface area (Å²) < 4.78 is 7.31. The van der Waals surface area contributed by atoms with Crippen LogP contribution in [0.3, 0.4) is 0 Å². The number of hydrogen-bond acceptors (Lipinski definition) is 5. The Balaban J connectivity index is 1.52. The number of fused-ring (bicyclic) bond motifs is 1. The number of pyridine rings is 1. The molecule has 150 valence electrons. The molecule has 8 nitrogen and oxygen atoms in total. The van der Waals surface area contributed by atoms with E-state index in [1.54, 1.807) is 19.0 Å². The van der Waals surface area contributed by atoms with E-state index in [2.05, 4.69) is 10.2 Å². The van der Waals surface area contributed by atoms with Crippen LogP contribution in [0, 0.1) is 5.92 Å². The molecule has 2 aliphatic heterocycles. The van der Waals surface area contributed by atoms with E-state index in [1.807, 2.05) is 27.6 Å². The lowest BCUT2D eigenvalue weighted by Crippen LogP contribution is -2.37. The fraction of sp³-hybridized carbons (Fsp3) is 0.600. The Bertz CT molecular complexity index is 872. The maximum absolute atomic E-state index is 12.8. The quantitative estimate of drug-likeness (QED) is 0.754. The number of Topliss-reactive ketones (excluding diaryl/α,β-unsaturated/α-hetero) is 1. The van der Waals surface area contributed by atoms with Crippen LogP contribution < -0.4 is 0 Å². The van der Waals surface area contributed by atoms with Crippen molar-refractivity contribution in [3.05, 3.63) is 29.7 Å². The van der Waals surface area contributed by atoms with Gasteiger partial charge in [0, 0.05) is 64.5 Å². The van der Waals surface area contributed by atoms with Crippen molar-refractivity contribution in [3.63, 3.8) is 0 Å². The van der Waals surface area contributed by atoms with Crippen LogP contribution in [0.1, 0.15) is 47.8 Å². The molecule has 8 heteroatoms. The highest BCUT2D eigenvalue weighted by atomic mass is 16.5. The Morgan fingerprint density at radius 1 is 1.18 bits per heavy atom. The van der Waals surface area contributed by atoms with Crippen LogP contribution in [0.2, 0.25) is 0 Å². The summed E-state index contributed by atoms with van der Waals surface area (Å²) in [4.78, 5) is 28.4. The molecule has 0 aliphatic carbocycles. The molecule has 1 atom stereocenters. The number of carbonyl (C=O) groups excluding carboxylic acids is 2. The molecular formula is C20H27N5O3. The number of rotatable bonds is 4. The normalized spacial score (nSPS) is 20.6. The molecule has 2 aromatic rings. The first-order chi connectivity index (χ1) is 13.5. The standard InChI is InChI=1S/C20H27N5O3/c1-23(2)20(27)24-8-5-16(12-24)19-22-21-18-4-3-15(13-25(18)19)17(26)11-14-6-9-28-10-7-14/h3-4,13-14,16H,5-12H2,1-2H3. The summed E-state index contributed by atoms with van der Waals surface area (Å²) in [5.41, 5.74) is 1.43. The molecule has 0 radical (unpaired) electrons. The van der Waals surface area contributed by atoms with Crippen molar-refractivity contribution in [1.82, 2.24) is 24.4 Å². The number of ether oxygens (including phenoxy) is 1. The Hall–Kier alpha value is -2.48. The second-order valence-electron chi connectivity index (χ2n) is 8.00. The summed E-state index contributed by atoms with van der Waals surface area (Å²) in [6.07, 6.45) is 5.16. The van der Waals surface area contributed by atoms with Gasteiger partial charge < -0.3 is 14.5 Å². The van der Waals surface area contributed by atoms with E-state index < -0.39 is 0 Å². The van der Waals surface area contributed by atoms with Crippen molar-refractivity contribution in [3.8, 4) is 0 Å². The van der Waals surface area contributed by atoms with Gasteiger partial charge in [-0.05, 0) is 37.3 Å². The van der Waals surface area contributed by atoms with E-state index in [0.717, 1.165) is 43.9 Å². The fourth-order valence-corrected chi connectivity index (χ4v) is 4.11. The average molecular weight is 385 g/mol. The third-order valence-electron chi connectivity index (χ3n) is 5.77. The Morgan fingerprint density at radius 2 is 1.96 bits per heavy atom. The summed E-state index contributed by atoms with van der Waals surface area (Å²) in [5.74, 6) is 1.51. The second kappa shape index (κ2) is 7.87. The van der Waals surface area contributed by atoms with Gasteiger partial charge in [-0.2, -0.15) is 0 Å². The molecule has 0 N–H and O–H groups in total. The van der Waals surface area contributed by atoms with Gasteiger partial charge in [0.25, 0.3) is 0 Å². The van der Waals surface area contributed by atoms with Gasteiger partial charge >= 0.3 is 6.03 Å². The minimum Gasteiger partial charge on any atom is -0.381 e. The summed E-state index contributed by atoms with van der Waals surface area (Å²) in [6.45, 7) is 2.82. The highest BCUT2D eigenvalue weighted by Gasteiger charge is 2.31. The van der Waals surface area contributed by atoms with Crippen molar-refractivity contribution < 1.29 is 14.3 Å². The van der Waals surface area contributed by atoms with Crippen LogP contribution in [0.25, 0.3) is 5.65 Å². The number of nitrogens with zero attached hydrogens (tertiary/aromatic N) is 5. The van der Waals surface area contributed by atoms with Gasteiger partial charge in [-0.1, -0.05) is 0 Å². The van der Waals surface area contributed by atoms with E-state index in [4.69, 9.17) is 4.74 Å². The maximum Gasteiger partial charge on any atom is 0.319 e. The van der Waals surface area contributed by atoms with Crippen molar-refractivity contribution in [2.24, 2.45) is 5.92 Å². The number of carbonyl (C=O) groups is 2. The van der Waals surface area contributed by atoms with Crippen molar-refractivity contribution in [2.75, 3.05) is 40.4 Å². The molecule has 0 saturated carbocycles. The zero-order valence-electron chi connectivity index (χ0n) is 16.5. The molecule has 2 fully saturated rings. The van der Waals surface area contributed by atoms with Gasteiger partial charge in [0.05, 0.1) is 0 Å². The SMILES string of the molecule is CN(C)C(=O)N1CCC(c2nnc3ccc(C(=O)CC4CCOCC4)cn23)C1. The van der Waals surface area contributed by atoms with Crippen LogP contribution >= 0.6 is 0 Å². The zero-order chi connectivity index (χ0) is 19.7. The summed E-state index contributed by atoms with van der Waals surface area (Å²) in [7, 11) is 3.52. The van der Waals surface area contributed by atoms with Crippen LogP contribution in [0.5, 0.6) is 0 Å². The minimum absolute atomic E-state index is 0.0173. The molecule has 28 heavy (non-hydrogen) atoms. The third-order valence-corrected chi connectivity index (χ3v) is 5.77. The molecule has 0 aromatic carbocycles. The minimum atomic E-state index is 0.0173. The molecule has 4 heterocycles. The summed E-state index contributed by atoms with van der Waals surface area (Å²) in [6, 6.07) is 3.71. The molecule has 2 aromatic heterocycles. The first kappa shape index (κ1) is 18.9. The predicted molar refractivity (Wildman–Crippen MR) is 103 cm³/mol. The maximum atomic E-state index is 12.8. The summed E-state index contributed by atoms with van der Waals surface area (Å²) >= 11 is 0. The Kier molecular flexibility index (Phi) is 5.30. The number of ketones is 1. The van der Waals surface area contributed by atoms with E-state index in [-0.39, 0.29) is 17.7 Å². The monoisotopic (exact) mass is 385 g/mol. The van der Waals surface area contributed by atoms with Crippen LogP contribution in [0.15, 0.2) is 18.3 Å². The predicted octanol–water partition coefficient (Wildman–Crippen LogP) is 2.20. The van der Waals surface area contributed by atoms with Gasteiger partial charge in [-0.25, -0.2) is 4.79 Å². The molecular weight excluding hydrogens is 358 g/mol. The molecule has 0 bridgehead atoms. The Labute approximate surface area is 164 Å². The lowest BCUT2D eigenvalue weighted by atomic mass is 9.92. The molecule has 0 spiro atoms. The highest BCUT2D eigenvalue weighted by molar-refractivity contribution is 5.96. The molecule has 2 amide bonds. The van der Waals surface area contributed by atoms with Gasteiger partial charge in [0.1, 0.15) is 5.82 Å². The first-order valence-corrected chi connectivity index (χ1v) is 9.95. The number of amides is 2.